The lowest BCUT2D eigenvalue weighted by Gasteiger charge is -2.16. The standard InChI is InChI=1S/C20H20N4O2/c1-11-9-13(19-21-23-24(3)22-19)10-12(2)18(11)16-6-4-5-14-15(16)7-8-17(14)20(25)26/h4-6,9-10,17H,7-8H2,1-3H3,(H,25,26)/t17-/m1/s1. The molecule has 0 bridgehead atoms. The number of benzene rings is 2. The highest BCUT2D eigenvalue weighted by atomic mass is 16.4. The van der Waals surface area contributed by atoms with E-state index in [0.717, 1.165) is 39.8 Å². The van der Waals surface area contributed by atoms with E-state index < -0.39 is 11.9 Å². The van der Waals surface area contributed by atoms with Gasteiger partial charge in [0.2, 0.25) is 5.82 Å². The van der Waals surface area contributed by atoms with Crippen LogP contribution in [-0.2, 0) is 18.3 Å². The number of rotatable bonds is 3. The normalized spacial score (nSPS) is 15.9. The van der Waals surface area contributed by atoms with Crippen molar-refractivity contribution in [3.63, 3.8) is 0 Å². The van der Waals surface area contributed by atoms with Gasteiger partial charge in [0.1, 0.15) is 0 Å². The first-order chi connectivity index (χ1) is 12.5. The van der Waals surface area contributed by atoms with E-state index in [-0.39, 0.29) is 0 Å². The molecule has 3 aromatic rings. The van der Waals surface area contributed by atoms with Crippen LogP contribution in [0.2, 0.25) is 0 Å². The van der Waals surface area contributed by atoms with E-state index in [1.54, 1.807) is 7.05 Å². The molecule has 2 aromatic carbocycles. The molecule has 1 aromatic heterocycles. The van der Waals surface area contributed by atoms with Gasteiger partial charge in [-0.2, -0.15) is 4.80 Å². The second kappa shape index (κ2) is 6.05. The van der Waals surface area contributed by atoms with Crippen LogP contribution in [0.4, 0.5) is 0 Å². The summed E-state index contributed by atoms with van der Waals surface area (Å²) in [6, 6.07) is 10.2. The van der Waals surface area contributed by atoms with E-state index in [1.807, 2.05) is 12.1 Å². The van der Waals surface area contributed by atoms with Crippen molar-refractivity contribution in [1.29, 1.82) is 0 Å². The van der Waals surface area contributed by atoms with Gasteiger partial charge in [0, 0.05) is 5.56 Å². The van der Waals surface area contributed by atoms with E-state index in [9.17, 15) is 9.90 Å². The molecule has 1 heterocycles. The summed E-state index contributed by atoms with van der Waals surface area (Å²) in [7, 11) is 1.75. The minimum atomic E-state index is -0.738. The number of carboxylic acid groups (broad SMARTS) is 1. The van der Waals surface area contributed by atoms with Gasteiger partial charge < -0.3 is 5.11 Å². The van der Waals surface area contributed by atoms with Crippen molar-refractivity contribution in [3.8, 4) is 22.5 Å². The Balaban J connectivity index is 1.84. The molecule has 1 aliphatic carbocycles. The molecule has 1 aliphatic rings. The van der Waals surface area contributed by atoms with Gasteiger partial charge >= 0.3 is 5.97 Å². The summed E-state index contributed by atoms with van der Waals surface area (Å²) in [4.78, 5) is 13.0. The van der Waals surface area contributed by atoms with E-state index in [1.165, 1.54) is 10.4 Å². The molecule has 1 atom stereocenters. The van der Waals surface area contributed by atoms with Crippen LogP contribution in [-0.4, -0.2) is 31.3 Å². The molecule has 6 nitrogen and oxygen atoms in total. The number of carboxylic acids is 1. The Morgan fingerprint density at radius 2 is 1.96 bits per heavy atom. The van der Waals surface area contributed by atoms with Crippen molar-refractivity contribution in [2.45, 2.75) is 32.6 Å². The van der Waals surface area contributed by atoms with Gasteiger partial charge in [-0.3, -0.25) is 4.79 Å². The lowest BCUT2D eigenvalue weighted by Crippen LogP contribution is -2.07. The molecule has 26 heavy (non-hydrogen) atoms. The number of hydrogen-bond donors (Lipinski definition) is 1. The van der Waals surface area contributed by atoms with Gasteiger partial charge in [0.05, 0.1) is 13.0 Å². The van der Waals surface area contributed by atoms with Gasteiger partial charge in [0.15, 0.2) is 0 Å². The first kappa shape index (κ1) is 16.4. The molecular weight excluding hydrogens is 328 g/mol. The second-order valence-electron chi connectivity index (χ2n) is 6.89. The molecule has 0 radical (unpaired) electrons. The molecule has 1 N–H and O–H groups in total. The summed E-state index contributed by atoms with van der Waals surface area (Å²) >= 11 is 0. The van der Waals surface area contributed by atoms with E-state index in [0.29, 0.717) is 12.2 Å². The van der Waals surface area contributed by atoms with Crippen molar-refractivity contribution in [2.75, 3.05) is 0 Å². The predicted molar refractivity (Wildman–Crippen MR) is 97.8 cm³/mol. The lowest BCUT2D eigenvalue weighted by molar-refractivity contribution is -0.138. The number of nitrogens with zero attached hydrogens (tertiary/aromatic N) is 4. The summed E-state index contributed by atoms with van der Waals surface area (Å²) in [5.74, 6) is -0.526. The van der Waals surface area contributed by atoms with Crippen molar-refractivity contribution in [3.05, 3.63) is 52.6 Å². The van der Waals surface area contributed by atoms with Gasteiger partial charge in [-0.25, -0.2) is 0 Å². The van der Waals surface area contributed by atoms with Crippen LogP contribution in [0.5, 0.6) is 0 Å². The number of fused-ring (bicyclic) bond motifs is 1. The number of carbonyl (C=O) groups is 1. The van der Waals surface area contributed by atoms with Crippen LogP contribution >= 0.6 is 0 Å². The van der Waals surface area contributed by atoms with Crippen molar-refractivity contribution in [2.24, 2.45) is 7.05 Å². The zero-order chi connectivity index (χ0) is 18.4. The Morgan fingerprint density at radius 3 is 2.58 bits per heavy atom. The molecule has 0 aliphatic heterocycles. The topological polar surface area (TPSA) is 80.9 Å². The van der Waals surface area contributed by atoms with Crippen LogP contribution in [0.15, 0.2) is 30.3 Å². The Morgan fingerprint density at radius 1 is 1.23 bits per heavy atom. The molecule has 6 heteroatoms. The summed E-state index contributed by atoms with van der Waals surface area (Å²) < 4.78 is 0. The molecule has 0 fully saturated rings. The first-order valence-corrected chi connectivity index (χ1v) is 8.66. The number of aryl methyl sites for hydroxylation is 3. The molecule has 0 saturated carbocycles. The Bertz CT molecular complexity index is 999. The number of aromatic nitrogens is 4. The SMILES string of the molecule is Cc1cc(-c2nnn(C)n2)cc(C)c1-c1cccc2c1CC[C@H]2C(=O)O. The minimum Gasteiger partial charge on any atom is -0.481 e. The predicted octanol–water partition coefficient (Wildman–Crippen LogP) is 3.28. The zero-order valence-corrected chi connectivity index (χ0v) is 15.0. The fraction of sp³-hybridized carbons (Fsp3) is 0.300. The maximum absolute atomic E-state index is 11.5. The Labute approximate surface area is 151 Å². The zero-order valence-electron chi connectivity index (χ0n) is 15.0. The van der Waals surface area contributed by atoms with Gasteiger partial charge in [0.25, 0.3) is 0 Å². The molecule has 0 unspecified atom stereocenters. The molecule has 0 saturated heterocycles. The number of hydrogen-bond acceptors (Lipinski definition) is 4. The summed E-state index contributed by atoms with van der Waals surface area (Å²) in [5, 5.41) is 21.8. The molecule has 4 rings (SSSR count). The summed E-state index contributed by atoms with van der Waals surface area (Å²) in [6.45, 7) is 4.15. The maximum atomic E-state index is 11.5. The van der Waals surface area contributed by atoms with Crippen LogP contribution in [0, 0.1) is 13.8 Å². The monoisotopic (exact) mass is 348 g/mol. The third-order valence-corrected chi connectivity index (χ3v) is 5.14. The van der Waals surface area contributed by atoms with Crippen LogP contribution in [0.3, 0.4) is 0 Å². The van der Waals surface area contributed by atoms with Gasteiger partial charge in [-0.05, 0) is 77.4 Å². The van der Waals surface area contributed by atoms with Crippen molar-refractivity contribution in [1.82, 2.24) is 20.2 Å². The fourth-order valence-corrected chi connectivity index (χ4v) is 4.06. The average Bonchev–Trinajstić information content (AvgIpc) is 3.20. The number of tetrazole rings is 1. The van der Waals surface area contributed by atoms with Crippen molar-refractivity contribution >= 4 is 5.97 Å². The highest BCUT2D eigenvalue weighted by molar-refractivity contribution is 5.83. The quantitative estimate of drug-likeness (QED) is 0.785. The van der Waals surface area contributed by atoms with Gasteiger partial charge in [-0.15, -0.1) is 10.2 Å². The van der Waals surface area contributed by atoms with Crippen LogP contribution in [0.25, 0.3) is 22.5 Å². The molecule has 132 valence electrons. The van der Waals surface area contributed by atoms with Crippen LogP contribution < -0.4 is 0 Å². The average molecular weight is 348 g/mol. The fourth-order valence-electron chi connectivity index (χ4n) is 4.06. The van der Waals surface area contributed by atoms with E-state index in [2.05, 4.69) is 47.5 Å². The van der Waals surface area contributed by atoms with E-state index in [4.69, 9.17) is 0 Å². The maximum Gasteiger partial charge on any atom is 0.310 e. The highest BCUT2D eigenvalue weighted by Gasteiger charge is 2.30. The summed E-state index contributed by atoms with van der Waals surface area (Å²) in [6.07, 6.45) is 1.47. The van der Waals surface area contributed by atoms with E-state index >= 15 is 0 Å². The Kier molecular flexibility index (Phi) is 3.83. The van der Waals surface area contributed by atoms with Crippen molar-refractivity contribution < 1.29 is 9.90 Å². The molecule has 0 amide bonds. The highest BCUT2D eigenvalue weighted by Crippen LogP contribution is 2.41. The Hall–Kier alpha value is -3.02. The molecular formula is C20H20N4O2. The minimum absolute atomic E-state index is 0.395. The largest absolute Gasteiger partial charge is 0.481 e. The second-order valence-corrected chi connectivity index (χ2v) is 6.89. The lowest BCUT2D eigenvalue weighted by atomic mass is 9.88. The third kappa shape index (κ3) is 2.58. The smallest absolute Gasteiger partial charge is 0.310 e. The first-order valence-electron chi connectivity index (χ1n) is 8.66. The summed E-state index contributed by atoms with van der Waals surface area (Å²) in [5.41, 5.74) is 7.61. The van der Waals surface area contributed by atoms with Crippen LogP contribution in [0.1, 0.15) is 34.6 Å². The molecule has 0 spiro atoms. The third-order valence-electron chi connectivity index (χ3n) is 5.14. The van der Waals surface area contributed by atoms with Gasteiger partial charge in [-0.1, -0.05) is 18.2 Å². The number of aliphatic carboxylic acids is 1.